The maximum atomic E-state index is 11.9. The van der Waals surface area contributed by atoms with Crippen LogP contribution in [0.5, 0.6) is 0 Å². The number of aromatic amines is 1. The van der Waals surface area contributed by atoms with Gasteiger partial charge in [-0.25, -0.2) is 0 Å². The van der Waals surface area contributed by atoms with Gasteiger partial charge in [0.1, 0.15) is 5.82 Å². The van der Waals surface area contributed by atoms with Gasteiger partial charge in [-0.15, -0.1) is 0 Å². The summed E-state index contributed by atoms with van der Waals surface area (Å²) >= 11 is 3.34. The van der Waals surface area contributed by atoms with E-state index >= 15 is 0 Å². The Balaban J connectivity index is 2.07. The zero-order valence-corrected chi connectivity index (χ0v) is 11.9. The van der Waals surface area contributed by atoms with E-state index in [1.807, 2.05) is 24.3 Å². The second-order valence-corrected chi connectivity index (χ2v) is 4.91. The Labute approximate surface area is 123 Å². The summed E-state index contributed by atoms with van der Waals surface area (Å²) < 4.78 is 0.904. The molecule has 5 N–H and O–H groups in total. The summed E-state index contributed by atoms with van der Waals surface area (Å²) in [5.41, 5.74) is 6.66. The Kier molecular flexibility index (Phi) is 4.36. The van der Waals surface area contributed by atoms with Crippen molar-refractivity contribution in [3.63, 3.8) is 0 Å². The molecule has 0 radical (unpaired) electrons. The third-order valence-electron chi connectivity index (χ3n) is 2.54. The van der Waals surface area contributed by atoms with Crippen LogP contribution in [0, 0.1) is 0 Å². The largest absolute Gasteiger partial charge is 0.409 e. The predicted octanol–water partition coefficient (Wildman–Crippen LogP) is 1.45. The number of nitrogens with one attached hydrogen (secondary N) is 2. The van der Waals surface area contributed by atoms with E-state index in [1.165, 1.54) is 6.20 Å². The monoisotopic (exact) mass is 337 g/mol. The van der Waals surface area contributed by atoms with E-state index in [0.717, 1.165) is 10.0 Å². The number of halogens is 1. The van der Waals surface area contributed by atoms with Gasteiger partial charge in [-0.3, -0.25) is 9.89 Å². The Morgan fingerprint density at radius 3 is 3.05 bits per heavy atom. The number of hydrogen-bond donors (Lipinski definition) is 4. The number of carbonyl (C=O) groups is 1. The number of carbonyl (C=O) groups excluding carboxylic acids is 1. The van der Waals surface area contributed by atoms with Gasteiger partial charge in [0.25, 0.3) is 0 Å². The van der Waals surface area contributed by atoms with Crippen molar-refractivity contribution >= 4 is 33.5 Å². The van der Waals surface area contributed by atoms with Crippen molar-refractivity contribution in [1.29, 1.82) is 0 Å². The van der Waals surface area contributed by atoms with Crippen LogP contribution >= 0.6 is 15.9 Å². The van der Waals surface area contributed by atoms with Crippen LogP contribution in [0.3, 0.4) is 0 Å². The molecule has 0 aliphatic carbocycles. The van der Waals surface area contributed by atoms with Crippen molar-refractivity contribution in [1.82, 2.24) is 10.2 Å². The summed E-state index contributed by atoms with van der Waals surface area (Å²) in [7, 11) is 0. The molecule has 0 bridgehead atoms. The van der Waals surface area contributed by atoms with E-state index in [1.54, 1.807) is 0 Å². The molecule has 1 aromatic heterocycles. The van der Waals surface area contributed by atoms with Crippen LogP contribution in [0.25, 0.3) is 0 Å². The van der Waals surface area contributed by atoms with Crippen molar-refractivity contribution in [2.75, 3.05) is 5.32 Å². The van der Waals surface area contributed by atoms with Gasteiger partial charge in [0.15, 0.2) is 5.84 Å². The number of rotatable bonds is 4. The maximum absolute atomic E-state index is 11.9. The molecule has 7 nitrogen and oxygen atoms in total. The maximum Gasteiger partial charge on any atom is 0.229 e. The van der Waals surface area contributed by atoms with Gasteiger partial charge in [-0.1, -0.05) is 33.2 Å². The third kappa shape index (κ3) is 3.35. The normalized spacial score (nSPS) is 11.3. The number of aromatic nitrogens is 2. The third-order valence-corrected chi connectivity index (χ3v) is 3.03. The fourth-order valence-corrected chi connectivity index (χ4v) is 2.09. The van der Waals surface area contributed by atoms with Crippen molar-refractivity contribution in [2.45, 2.75) is 6.42 Å². The number of oxime groups is 1. The zero-order valence-electron chi connectivity index (χ0n) is 10.3. The molecule has 0 aliphatic rings. The lowest BCUT2D eigenvalue weighted by atomic mass is 10.1. The highest BCUT2D eigenvalue weighted by Crippen LogP contribution is 2.14. The molecule has 1 amide bonds. The predicted molar refractivity (Wildman–Crippen MR) is 77.6 cm³/mol. The highest BCUT2D eigenvalue weighted by Gasteiger charge is 2.12. The number of amidine groups is 1. The summed E-state index contributed by atoms with van der Waals surface area (Å²) in [5, 5.41) is 20.5. The molecule has 8 heteroatoms. The van der Waals surface area contributed by atoms with Crippen molar-refractivity contribution in [3.8, 4) is 0 Å². The lowest BCUT2D eigenvalue weighted by Gasteiger charge is -2.05. The molecule has 0 atom stereocenters. The Hall–Kier alpha value is -2.35. The average Bonchev–Trinajstić information content (AvgIpc) is 2.85. The fourth-order valence-electron chi connectivity index (χ4n) is 1.65. The van der Waals surface area contributed by atoms with Gasteiger partial charge >= 0.3 is 0 Å². The van der Waals surface area contributed by atoms with E-state index in [4.69, 9.17) is 10.9 Å². The van der Waals surface area contributed by atoms with Crippen LogP contribution in [-0.2, 0) is 11.2 Å². The number of amides is 1. The molecule has 2 rings (SSSR count). The van der Waals surface area contributed by atoms with E-state index in [2.05, 4.69) is 36.6 Å². The van der Waals surface area contributed by atoms with Crippen LogP contribution in [0.1, 0.15) is 11.1 Å². The first-order valence-corrected chi connectivity index (χ1v) is 6.45. The van der Waals surface area contributed by atoms with Crippen LogP contribution in [0.15, 0.2) is 40.1 Å². The molecule has 20 heavy (non-hydrogen) atoms. The van der Waals surface area contributed by atoms with Crippen LogP contribution < -0.4 is 11.1 Å². The number of hydrogen-bond acceptors (Lipinski definition) is 4. The molecule has 0 spiro atoms. The molecule has 2 aromatic rings. The van der Waals surface area contributed by atoms with Gasteiger partial charge in [0.05, 0.1) is 18.2 Å². The Morgan fingerprint density at radius 1 is 1.55 bits per heavy atom. The highest BCUT2D eigenvalue weighted by atomic mass is 79.9. The molecule has 1 heterocycles. The summed E-state index contributed by atoms with van der Waals surface area (Å²) in [6.45, 7) is 0. The number of nitrogens with zero attached hydrogens (tertiary/aromatic N) is 2. The van der Waals surface area contributed by atoms with E-state index in [0.29, 0.717) is 11.4 Å². The molecule has 1 aromatic carbocycles. The van der Waals surface area contributed by atoms with Crippen molar-refractivity contribution in [2.24, 2.45) is 10.9 Å². The van der Waals surface area contributed by atoms with Gasteiger partial charge < -0.3 is 16.3 Å². The van der Waals surface area contributed by atoms with Gasteiger partial charge in [0.2, 0.25) is 5.91 Å². The second-order valence-electron chi connectivity index (χ2n) is 4.00. The lowest BCUT2D eigenvalue weighted by molar-refractivity contribution is -0.115. The first-order chi connectivity index (χ1) is 9.60. The molecule has 0 saturated carbocycles. The van der Waals surface area contributed by atoms with Gasteiger partial charge in [0, 0.05) is 4.47 Å². The van der Waals surface area contributed by atoms with E-state index < -0.39 is 0 Å². The Bertz CT molecular complexity index is 653. The summed E-state index contributed by atoms with van der Waals surface area (Å²) in [6, 6.07) is 7.44. The topological polar surface area (TPSA) is 116 Å². The SMILES string of the molecule is NC(=NO)c1cn[nH]c1NC(=O)Cc1cccc(Br)c1. The molecule has 104 valence electrons. The first-order valence-electron chi connectivity index (χ1n) is 5.65. The highest BCUT2D eigenvalue weighted by molar-refractivity contribution is 9.10. The van der Waals surface area contributed by atoms with Crippen molar-refractivity contribution < 1.29 is 10.0 Å². The number of H-pyrrole nitrogens is 1. The van der Waals surface area contributed by atoms with Crippen LogP contribution in [-0.4, -0.2) is 27.1 Å². The average molecular weight is 338 g/mol. The molecular weight excluding hydrogens is 326 g/mol. The quantitative estimate of drug-likeness (QED) is 0.292. The summed E-state index contributed by atoms with van der Waals surface area (Å²) in [5.74, 6) is -0.0730. The molecule has 0 aliphatic heterocycles. The van der Waals surface area contributed by atoms with E-state index in [9.17, 15) is 4.79 Å². The molecular formula is C12H12BrN5O2. The minimum Gasteiger partial charge on any atom is -0.409 e. The standard InChI is InChI=1S/C12H12BrN5O2/c13-8-3-1-2-7(4-8)5-10(19)16-12-9(6-15-17-12)11(14)18-20/h1-4,6,20H,5H2,(H2,14,18)(H2,15,16,17,19). The minimum atomic E-state index is -0.237. The molecule has 0 unspecified atom stereocenters. The first kappa shape index (κ1) is 14.1. The Morgan fingerprint density at radius 2 is 2.35 bits per heavy atom. The number of benzene rings is 1. The van der Waals surface area contributed by atoms with Crippen molar-refractivity contribution in [3.05, 3.63) is 46.1 Å². The van der Waals surface area contributed by atoms with E-state index in [-0.39, 0.29) is 18.2 Å². The second kappa shape index (κ2) is 6.20. The summed E-state index contributed by atoms with van der Waals surface area (Å²) in [4.78, 5) is 11.9. The lowest BCUT2D eigenvalue weighted by Crippen LogP contribution is -2.19. The van der Waals surface area contributed by atoms with Gasteiger partial charge in [-0.2, -0.15) is 5.10 Å². The number of anilines is 1. The minimum absolute atomic E-state index is 0.128. The molecule has 0 saturated heterocycles. The zero-order chi connectivity index (χ0) is 14.5. The fraction of sp³-hybridized carbons (Fsp3) is 0.0833. The van der Waals surface area contributed by atoms with Crippen LogP contribution in [0.2, 0.25) is 0 Å². The molecule has 0 fully saturated rings. The van der Waals surface area contributed by atoms with Crippen LogP contribution in [0.4, 0.5) is 5.82 Å². The van der Waals surface area contributed by atoms with Gasteiger partial charge in [-0.05, 0) is 17.7 Å². The smallest absolute Gasteiger partial charge is 0.229 e. The summed E-state index contributed by atoms with van der Waals surface area (Å²) in [6.07, 6.45) is 1.57. The number of nitrogens with two attached hydrogens (primary N) is 1.